The van der Waals surface area contributed by atoms with E-state index in [-0.39, 0.29) is 17.2 Å². The summed E-state index contributed by atoms with van der Waals surface area (Å²) in [4.78, 5) is 39.5. The van der Waals surface area contributed by atoms with Gasteiger partial charge in [-0.3, -0.25) is 14.5 Å². The standard InChI is InChI=1S/C26H19Cl2NO6S/c1-33-17-9-7-16(8-10-17)25(31)35-22-12-15(6-11-21(22)34-2)13-23-24(30)29(26(32)36-23)14-18-19(27)4-3-5-20(18)28/h3-13H,14H2,1-2H3/b23-13-. The predicted octanol–water partition coefficient (Wildman–Crippen LogP) is 6.47. The summed E-state index contributed by atoms with van der Waals surface area (Å²) in [6.07, 6.45) is 1.54. The monoisotopic (exact) mass is 543 g/mol. The normalized spacial score (nSPS) is 14.3. The topological polar surface area (TPSA) is 82.1 Å². The first-order valence-corrected chi connectivity index (χ1v) is 12.1. The molecular weight excluding hydrogens is 525 g/mol. The zero-order valence-electron chi connectivity index (χ0n) is 19.1. The molecule has 7 nitrogen and oxygen atoms in total. The number of ether oxygens (including phenoxy) is 3. The van der Waals surface area contributed by atoms with Crippen molar-refractivity contribution in [3.63, 3.8) is 0 Å². The zero-order valence-corrected chi connectivity index (χ0v) is 21.4. The van der Waals surface area contributed by atoms with Gasteiger partial charge < -0.3 is 14.2 Å². The molecule has 0 saturated carbocycles. The van der Waals surface area contributed by atoms with Crippen LogP contribution in [0.2, 0.25) is 10.0 Å². The van der Waals surface area contributed by atoms with Crippen LogP contribution in [0, 0.1) is 0 Å². The van der Waals surface area contributed by atoms with Crippen molar-refractivity contribution >= 4 is 58.2 Å². The van der Waals surface area contributed by atoms with Gasteiger partial charge >= 0.3 is 5.97 Å². The fourth-order valence-electron chi connectivity index (χ4n) is 3.38. The summed E-state index contributed by atoms with van der Waals surface area (Å²) in [7, 11) is 2.98. The van der Waals surface area contributed by atoms with Crippen molar-refractivity contribution < 1.29 is 28.6 Å². The van der Waals surface area contributed by atoms with Gasteiger partial charge in [-0.05, 0) is 71.9 Å². The van der Waals surface area contributed by atoms with Crippen LogP contribution in [-0.4, -0.2) is 36.2 Å². The second kappa shape index (κ2) is 11.1. The molecule has 0 aliphatic carbocycles. The molecule has 1 aliphatic rings. The molecule has 1 fully saturated rings. The first kappa shape index (κ1) is 25.6. The van der Waals surface area contributed by atoms with Crippen LogP contribution in [0.4, 0.5) is 4.79 Å². The van der Waals surface area contributed by atoms with Crippen molar-refractivity contribution in [2.75, 3.05) is 14.2 Å². The lowest BCUT2D eigenvalue weighted by Crippen LogP contribution is -2.27. The highest BCUT2D eigenvalue weighted by Crippen LogP contribution is 2.37. The highest BCUT2D eigenvalue weighted by Gasteiger charge is 2.35. The van der Waals surface area contributed by atoms with E-state index >= 15 is 0 Å². The second-order valence-electron chi connectivity index (χ2n) is 7.50. The molecule has 36 heavy (non-hydrogen) atoms. The Bertz CT molecular complexity index is 1350. The first-order valence-electron chi connectivity index (χ1n) is 10.5. The van der Waals surface area contributed by atoms with Crippen LogP contribution in [0.15, 0.2) is 65.6 Å². The number of hydrogen-bond acceptors (Lipinski definition) is 7. The number of rotatable bonds is 7. The number of amides is 2. The molecule has 3 aromatic rings. The number of carbonyl (C=O) groups excluding carboxylic acids is 3. The highest BCUT2D eigenvalue weighted by atomic mass is 35.5. The third kappa shape index (κ3) is 5.51. The zero-order chi connectivity index (χ0) is 25.8. The molecule has 0 aromatic heterocycles. The SMILES string of the molecule is COc1ccc(C(=O)Oc2cc(/C=C3\SC(=O)N(Cc4c(Cl)cccc4Cl)C3=O)ccc2OC)cc1. The van der Waals surface area contributed by atoms with Crippen LogP contribution in [0.1, 0.15) is 21.5 Å². The molecule has 0 bridgehead atoms. The van der Waals surface area contributed by atoms with E-state index in [1.54, 1.807) is 66.7 Å². The first-order chi connectivity index (χ1) is 17.3. The maximum absolute atomic E-state index is 13.0. The maximum atomic E-state index is 13.0. The number of thioether (sulfide) groups is 1. The molecule has 3 aromatic carbocycles. The highest BCUT2D eigenvalue weighted by molar-refractivity contribution is 8.18. The van der Waals surface area contributed by atoms with Crippen LogP contribution in [0.3, 0.4) is 0 Å². The number of imide groups is 1. The lowest BCUT2D eigenvalue weighted by atomic mass is 10.1. The Kier molecular flexibility index (Phi) is 7.88. The minimum atomic E-state index is -0.593. The fourth-order valence-corrected chi connectivity index (χ4v) is 4.73. The number of hydrogen-bond donors (Lipinski definition) is 0. The minimum absolute atomic E-state index is 0.0478. The van der Waals surface area contributed by atoms with Crippen molar-refractivity contribution in [3.8, 4) is 17.2 Å². The molecule has 0 radical (unpaired) electrons. The number of carbonyl (C=O) groups is 3. The summed E-state index contributed by atoms with van der Waals surface area (Å²) in [5.74, 6) is 0.0279. The Morgan fingerprint density at radius 2 is 1.64 bits per heavy atom. The van der Waals surface area contributed by atoms with E-state index in [9.17, 15) is 14.4 Å². The molecule has 4 rings (SSSR count). The van der Waals surface area contributed by atoms with Crippen molar-refractivity contribution in [2.45, 2.75) is 6.54 Å². The van der Waals surface area contributed by atoms with Gasteiger partial charge in [0.15, 0.2) is 11.5 Å². The van der Waals surface area contributed by atoms with Crippen LogP contribution >= 0.6 is 35.0 Å². The van der Waals surface area contributed by atoms with E-state index in [0.717, 1.165) is 16.7 Å². The van der Waals surface area contributed by atoms with E-state index in [0.29, 0.717) is 38.2 Å². The Morgan fingerprint density at radius 1 is 0.944 bits per heavy atom. The lowest BCUT2D eigenvalue weighted by Gasteiger charge is -2.14. The van der Waals surface area contributed by atoms with Crippen molar-refractivity contribution in [3.05, 3.63) is 92.3 Å². The Morgan fingerprint density at radius 3 is 2.28 bits per heavy atom. The summed E-state index contributed by atoms with van der Waals surface area (Å²) in [6.45, 7) is -0.0478. The van der Waals surface area contributed by atoms with E-state index < -0.39 is 17.1 Å². The Labute approximate surface area is 221 Å². The summed E-state index contributed by atoms with van der Waals surface area (Å²) < 4.78 is 16.0. The molecule has 1 saturated heterocycles. The van der Waals surface area contributed by atoms with Gasteiger partial charge in [0.25, 0.3) is 11.1 Å². The van der Waals surface area contributed by atoms with Gasteiger partial charge in [0.2, 0.25) is 0 Å². The van der Waals surface area contributed by atoms with Gasteiger partial charge in [-0.1, -0.05) is 35.3 Å². The van der Waals surface area contributed by atoms with Gasteiger partial charge in [0.05, 0.1) is 31.2 Å². The molecule has 0 unspecified atom stereocenters. The van der Waals surface area contributed by atoms with Crippen molar-refractivity contribution in [1.82, 2.24) is 4.90 Å². The van der Waals surface area contributed by atoms with Gasteiger partial charge in [0.1, 0.15) is 5.75 Å². The van der Waals surface area contributed by atoms with Gasteiger partial charge in [-0.15, -0.1) is 0 Å². The van der Waals surface area contributed by atoms with Crippen molar-refractivity contribution in [1.29, 1.82) is 0 Å². The van der Waals surface area contributed by atoms with E-state index in [2.05, 4.69) is 0 Å². The molecule has 1 heterocycles. The van der Waals surface area contributed by atoms with Crippen LogP contribution < -0.4 is 14.2 Å². The summed E-state index contributed by atoms with van der Waals surface area (Å²) >= 11 is 13.2. The molecule has 1 aliphatic heterocycles. The lowest BCUT2D eigenvalue weighted by molar-refractivity contribution is -0.123. The Balaban J connectivity index is 1.56. The Hall–Kier alpha value is -3.46. The predicted molar refractivity (Wildman–Crippen MR) is 139 cm³/mol. The largest absolute Gasteiger partial charge is 0.497 e. The summed E-state index contributed by atoms with van der Waals surface area (Å²) in [6, 6.07) is 16.3. The van der Waals surface area contributed by atoms with Crippen molar-refractivity contribution in [2.24, 2.45) is 0 Å². The number of methoxy groups -OCH3 is 2. The van der Waals surface area contributed by atoms with Gasteiger partial charge in [-0.25, -0.2) is 4.79 Å². The van der Waals surface area contributed by atoms with Crippen LogP contribution in [0.25, 0.3) is 6.08 Å². The van der Waals surface area contributed by atoms with Crippen LogP contribution in [0.5, 0.6) is 17.2 Å². The fraction of sp³-hybridized carbons (Fsp3) is 0.115. The third-order valence-corrected chi connectivity index (χ3v) is 6.88. The second-order valence-corrected chi connectivity index (χ2v) is 9.30. The van der Waals surface area contributed by atoms with E-state index in [1.165, 1.54) is 14.2 Å². The average Bonchev–Trinajstić information content (AvgIpc) is 3.13. The molecule has 10 heteroatoms. The third-order valence-electron chi connectivity index (χ3n) is 5.27. The van der Waals surface area contributed by atoms with Gasteiger partial charge in [-0.2, -0.15) is 0 Å². The maximum Gasteiger partial charge on any atom is 0.343 e. The summed E-state index contributed by atoms with van der Waals surface area (Å²) in [5, 5.41) is 0.287. The molecule has 0 atom stereocenters. The van der Waals surface area contributed by atoms with Crippen LogP contribution in [-0.2, 0) is 11.3 Å². The number of halogens is 2. The smallest absolute Gasteiger partial charge is 0.343 e. The molecule has 184 valence electrons. The van der Waals surface area contributed by atoms with E-state index in [4.69, 9.17) is 37.4 Å². The molecular formula is C26H19Cl2NO6S. The summed E-state index contributed by atoms with van der Waals surface area (Å²) in [5.41, 5.74) is 1.35. The molecule has 0 N–H and O–H groups in total. The van der Waals surface area contributed by atoms with Gasteiger partial charge in [0, 0.05) is 15.6 Å². The number of benzene rings is 3. The molecule has 0 spiro atoms. The number of nitrogens with zero attached hydrogens (tertiary/aromatic N) is 1. The average molecular weight is 544 g/mol. The van der Waals surface area contributed by atoms with E-state index in [1.807, 2.05) is 0 Å². The number of esters is 1. The quantitative estimate of drug-likeness (QED) is 0.192. The molecule has 2 amide bonds. The minimum Gasteiger partial charge on any atom is -0.497 e.